The number of anilines is 1. The van der Waals surface area contributed by atoms with Gasteiger partial charge in [-0.15, -0.1) is 11.3 Å². The molecule has 6 nitrogen and oxygen atoms in total. The maximum absolute atomic E-state index is 11.7. The third-order valence-electron chi connectivity index (χ3n) is 4.14. The number of benzene rings is 1. The number of carbonyl (C=O) groups excluding carboxylic acids is 1. The van der Waals surface area contributed by atoms with Crippen LogP contribution in [0.25, 0.3) is 21.5 Å². The molecule has 1 N–H and O–H groups in total. The lowest BCUT2D eigenvalue weighted by Gasteiger charge is -2.28. The van der Waals surface area contributed by atoms with Crippen LogP contribution in [0.15, 0.2) is 30.3 Å². The van der Waals surface area contributed by atoms with E-state index in [4.69, 9.17) is 9.47 Å². The topological polar surface area (TPSA) is 67.5 Å². The summed E-state index contributed by atoms with van der Waals surface area (Å²) in [5.74, 6) is -0.321. The molecule has 4 rings (SSSR count). The monoisotopic (exact) mass is 343 g/mol. The summed E-state index contributed by atoms with van der Waals surface area (Å²) < 4.78 is 11.1. The van der Waals surface area contributed by atoms with Crippen molar-refractivity contribution in [1.82, 2.24) is 10.2 Å². The van der Waals surface area contributed by atoms with E-state index in [1.807, 2.05) is 0 Å². The lowest BCUT2D eigenvalue weighted by Crippen LogP contribution is -2.36. The summed E-state index contributed by atoms with van der Waals surface area (Å²) in [7, 11) is 1.39. The molecule has 1 aliphatic rings. The fourth-order valence-corrected chi connectivity index (χ4v) is 3.90. The number of hydrogen-bond donors (Lipinski definition) is 1. The van der Waals surface area contributed by atoms with Crippen molar-refractivity contribution in [2.24, 2.45) is 0 Å². The minimum Gasteiger partial charge on any atom is -0.465 e. The van der Waals surface area contributed by atoms with Crippen molar-refractivity contribution in [3.05, 3.63) is 35.2 Å². The van der Waals surface area contributed by atoms with Crippen LogP contribution in [0, 0.1) is 0 Å². The standard InChI is InChI=1S/C17H17N3O3S/c1-22-17(21)14-10-13-16(24-14)15(19-18-13)11-2-4-12(5-3-11)20-6-8-23-9-7-20/h2-5,10H,6-9H2,1H3,(H,18,19). The molecule has 124 valence electrons. The van der Waals surface area contributed by atoms with Gasteiger partial charge >= 0.3 is 5.97 Å². The Morgan fingerprint density at radius 1 is 1.29 bits per heavy atom. The van der Waals surface area contributed by atoms with Crippen LogP contribution < -0.4 is 4.90 Å². The molecule has 0 bridgehead atoms. The van der Waals surface area contributed by atoms with Gasteiger partial charge in [0.1, 0.15) is 10.6 Å². The molecule has 0 saturated carbocycles. The maximum atomic E-state index is 11.7. The number of esters is 1. The summed E-state index contributed by atoms with van der Waals surface area (Å²) >= 11 is 1.40. The van der Waals surface area contributed by atoms with Crippen molar-refractivity contribution in [2.45, 2.75) is 0 Å². The highest BCUT2D eigenvalue weighted by molar-refractivity contribution is 7.21. The predicted molar refractivity (Wildman–Crippen MR) is 93.8 cm³/mol. The molecule has 2 aromatic heterocycles. The second-order valence-corrected chi connectivity index (χ2v) is 6.62. The third-order valence-corrected chi connectivity index (χ3v) is 5.26. The lowest BCUT2D eigenvalue weighted by molar-refractivity contribution is 0.0606. The molecule has 0 amide bonds. The van der Waals surface area contributed by atoms with E-state index in [1.165, 1.54) is 24.1 Å². The third kappa shape index (κ3) is 2.65. The van der Waals surface area contributed by atoms with Gasteiger partial charge in [0.15, 0.2) is 0 Å². The van der Waals surface area contributed by atoms with Gasteiger partial charge in [0.25, 0.3) is 0 Å². The smallest absolute Gasteiger partial charge is 0.348 e. The fourth-order valence-electron chi connectivity index (χ4n) is 2.87. The molecular formula is C17H17N3O3S. The minimum absolute atomic E-state index is 0.321. The molecule has 0 aliphatic carbocycles. The molecule has 24 heavy (non-hydrogen) atoms. The van der Waals surface area contributed by atoms with Gasteiger partial charge in [-0.1, -0.05) is 12.1 Å². The largest absolute Gasteiger partial charge is 0.465 e. The molecule has 3 heterocycles. The SMILES string of the molecule is COC(=O)c1cc2[nH]nc(-c3ccc(N4CCOCC4)cc3)c2s1. The lowest BCUT2D eigenvalue weighted by atomic mass is 10.1. The molecule has 0 spiro atoms. The average molecular weight is 343 g/mol. The Morgan fingerprint density at radius 2 is 2.04 bits per heavy atom. The number of aromatic amines is 1. The summed E-state index contributed by atoms with van der Waals surface area (Å²) in [5, 5.41) is 7.38. The number of hydrogen-bond acceptors (Lipinski definition) is 6. The molecule has 3 aromatic rings. The number of ether oxygens (including phenoxy) is 2. The maximum Gasteiger partial charge on any atom is 0.348 e. The van der Waals surface area contributed by atoms with Gasteiger partial charge in [-0.2, -0.15) is 5.10 Å². The van der Waals surface area contributed by atoms with E-state index in [2.05, 4.69) is 39.4 Å². The number of rotatable bonds is 3. The highest BCUT2D eigenvalue weighted by atomic mass is 32.1. The van der Waals surface area contributed by atoms with Gasteiger partial charge in [0.2, 0.25) is 0 Å². The molecule has 1 fully saturated rings. The van der Waals surface area contributed by atoms with Crippen LogP contribution in [0.1, 0.15) is 9.67 Å². The van der Waals surface area contributed by atoms with E-state index in [1.54, 1.807) is 6.07 Å². The Kier molecular flexibility index (Phi) is 3.95. The van der Waals surface area contributed by atoms with Gasteiger partial charge in [0, 0.05) is 24.3 Å². The number of morpholine rings is 1. The van der Waals surface area contributed by atoms with E-state index < -0.39 is 0 Å². The molecule has 1 aromatic carbocycles. The van der Waals surface area contributed by atoms with Crippen LogP contribution >= 0.6 is 11.3 Å². The Hall–Kier alpha value is -2.38. The van der Waals surface area contributed by atoms with Crippen molar-refractivity contribution in [3.63, 3.8) is 0 Å². The van der Waals surface area contributed by atoms with Crippen LogP contribution in [0.5, 0.6) is 0 Å². The zero-order valence-corrected chi connectivity index (χ0v) is 14.1. The number of methoxy groups -OCH3 is 1. The van der Waals surface area contributed by atoms with Crippen molar-refractivity contribution >= 4 is 33.2 Å². The summed E-state index contributed by atoms with van der Waals surface area (Å²) in [6.45, 7) is 3.37. The van der Waals surface area contributed by atoms with E-state index in [9.17, 15) is 4.79 Å². The molecule has 0 radical (unpaired) electrons. The van der Waals surface area contributed by atoms with E-state index in [-0.39, 0.29) is 5.97 Å². The number of carbonyl (C=O) groups is 1. The van der Waals surface area contributed by atoms with E-state index >= 15 is 0 Å². The summed E-state index contributed by atoms with van der Waals surface area (Å²) in [4.78, 5) is 14.6. The summed E-state index contributed by atoms with van der Waals surface area (Å²) in [6, 6.07) is 10.1. The number of fused-ring (bicyclic) bond motifs is 1. The molecular weight excluding hydrogens is 326 g/mol. The first kappa shape index (κ1) is 15.2. The van der Waals surface area contributed by atoms with Crippen molar-refractivity contribution in [3.8, 4) is 11.3 Å². The Bertz CT molecular complexity index is 863. The highest BCUT2D eigenvalue weighted by Crippen LogP contribution is 2.34. The first-order valence-electron chi connectivity index (χ1n) is 7.75. The fraction of sp³-hybridized carbons (Fsp3) is 0.294. The van der Waals surface area contributed by atoms with Gasteiger partial charge < -0.3 is 14.4 Å². The Balaban J connectivity index is 1.64. The van der Waals surface area contributed by atoms with E-state index in [0.29, 0.717) is 4.88 Å². The number of H-pyrrole nitrogens is 1. The van der Waals surface area contributed by atoms with Crippen LogP contribution in [0.4, 0.5) is 5.69 Å². The van der Waals surface area contributed by atoms with Gasteiger partial charge in [-0.3, -0.25) is 5.10 Å². The second-order valence-electron chi connectivity index (χ2n) is 5.56. The zero-order valence-electron chi connectivity index (χ0n) is 13.2. The number of nitrogens with zero attached hydrogens (tertiary/aromatic N) is 2. The van der Waals surface area contributed by atoms with Gasteiger partial charge in [-0.25, -0.2) is 4.79 Å². The zero-order chi connectivity index (χ0) is 16.5. The van der Waals surface area contributed by atoms with Gasteiger partial charge in [0.05, 0.1) is 30.5 Å². The quantitative estimate of drug-likeness (QED) is 0.741. The van der Waals surface area contributed by atoms with Crippen molar-refractivity contribution in [2.75, 3.05) is 38.3 Å². The van der Waals surface area contributed by atoms with Gasteiger partial charge in [-0.05, 0) is 18.2 Å². The predicted octanol–water partition coefficient (Wildman–Crippen LogP) is 2.91. The Morgan fingerprint density at radius 3 is 2.75 bits per heavy atom. The molecule has 0 unspecified atom stereocenters. The molecule has 0 atom stereocenters. The number of nitrogens with one attached hydrogen (secondary N) is 1. The molecule has 7 heteroatoms. The molecule has 1 aliphatic heterocycles. The first-order valence-corrected chi connectivity index (χ1v) is 8.57. The summed E-state index contributed by atoms with van der Waals surface area (Å²) in [5.41, 5.74) is 3.93. The summed E-state index contributed by atoms with van der Waals surface area (Å²) in [6.07, 6.45) is 0. The Labute approximate surface area is 143 Å². The second kappa shape index (κ2) is 6.26. The normalized spacial score (nSPS) is 15.0. The van der Waals surface area contributed by atoms with Crippen LogP contribution in [0.3, 0.4) is 0 Å². The molecule has 1 saturated heterocycles. The highest BCUT2D eigenvalue weighted by Gasteiger charge is 2.17. The number of aromatic nitrogens is 2. The van der Waals surface area contributed by atoms with Crippen LogP contribution in [-0.4, -0.2) is 49.6 Å². The van der Waals surface area contributed by atoms with Crippen LogP contribution in [-0.2, 0) is 9.47 Å². The van der Waals surface area contributed by atoms with Crippen LogP contribution in [0.2, 0.25) is 0 Å². The number of thiophene rings is 1. The van der Waals surface area contributed by atoms with Crippen molar-refractivity contribution in [1.29, 1.82) is 0 Å². The van der Waals surface area contributed by atoms with Crippen molar-refractivity contribution < 1.29 is 14.3 Å². The first-order chi connectivity index (χ1) is 11.8. The average Bonchev–Trinajstić information content (AvgIpc) is 3.22. The minimum atomic E-state index is -0.321. The van der Waals surface area contributed by atoms with E-state index in [0.717, 1.165) is 47.8 Å².